The van der Waals surface area contributed by atoms with E-state index in [9.17, 15) is 15.3 Å². The summed E-state index contributed by atoms with van der Waals surface area (Å²) in [4.78, 5) is 0. The summed E-state index contributed by atoms with van der Waals surface area (Å²) in [6.45, 7) is 0.0349. The largest absolute Gasteiger partial charge is 0.836 e. The number of quaternary nitrogens is 1. The Bertz CT molecular complexity index is 336. The molecule has 2 heterocycles. The van der Waals surface area contributed by atoms with E-state index in [4.69, 9.17) is 15.1 Å². The van der Waals surface area contributed by atoms with Crippen molar-refractivity contribution in [2.45, 2.75) is 37.2 Å². The fourth-order valence-electron chi connectivity index (χ4n) is 2.36. The highest BCUT2D eigenvalue weighted by Gasteiger charge is 2.49. The topological polar surface area (TPSA) is 133 Å². The first-order valence-electron chi connectivity index (χ1n) is 5.88. The van der Waals surface area contributed by atoms with Gasteiger partial charge in [0, 0.05) is 6.42 Å². The van der Waals surface area contributed by atoms with Crippen molar-refractivity contribution in [3.05, 3.63) is 0 Å². The minimum atomic E-state index is -1.25. The van der Waals surface area contributed by atoms with E-state index in [1.54, 1.807) is 0 Å². The molecule has 2 aliphatic rings. The van der Waals surface area contributed by atoms with Crippen molar-refractivity contribution >= 4 is 0 Å². The Hall–Kier alpha value is -0.790. The third-order valence-corrected chi connectivity index (χ3v) is 3.47. The molecule has 0 aromatic rings. The van der Waals surface area contributed by atoms with Crippen LogP contribution in [0.15, 0.2) is 0 Å². The summed E-state index contributed by atoms with van der Waals surface area (Å²) in [5.41, 5.74) is 2.62. The van der Waals surface area contributed by atoms with Gasteiger partial charge < -0.3 is 25.2 Å². The monoisotopic (exact) mass is 259 g/mol. The molecule has 7 atom stereocenters. The summed E-state index contributed by atoms with van der Waals surface area (Å²) in [5.74, 6) is -0.606. The molecule has 2 saturated heterocycles. The third-order valence-electron chi connectivity index (χ3n) is 3.47. The number of aliphatic hydroxyl groups excluding tert-OH is 3. The fraction of sp³-hybridized carbons (Fsp3) is 0.900. The molecule has 0 aromatic heterocycles. The zero-order chi connectivity index (χ0) is 13.3. The van der Waals surface area contributed by atoms with E-state index in [1.165, 1.54) is 0 Å². The minimum Gasteiger partial charge on any atom is -0.836 e. The molecule has 2 rings (SSSR count). The van der Waals surface area contributed by atoms with Gasteiger partial charge in [0.1, 0.15) is 12.2 Å². The molecule has 8 nitrogen and oxygen atoms in total. The van der Waals surface area contributed by atoms with Crippen LogP contribution in [-0.4, -0.2) is 59.2 Å². The summed E-state index contributed by atoms with van der Waals surface area (Å²) in [6.07, 6.45) is -4.85. The van der Waals surface area contributed by atoms with Gasteiger partial charge in [0.05, 0.1) is 25.1 Å². The van der Waals surface area contributed by atoms with Gasteiger partial charge in [-0.05, 0) is 6.23 Å². The van der Waals surface area contributed by atoms with Crippen molar-refractivity contribution in [3.8, 4) is 6.07 Å². The second-order valence-electron chi connectivity index (χ2n) is 4.62. The molecule has 0 bridgehead atoms. The molecule has 0 radical (unpaired) electrons. The van der Waals surface area contributed by atoms with E-state index < -0.39 is 43.3 Å². The number of ether oxygens (including phenoxy) is 1. The van der Waals surface area contributed by atoms with E-state index in [2.05, 4.69) is 5.43 Å². The van der Waals surface area contributed by atoms with E-state index >= 15 is 0 Å². The summed E-state index contributed by atoms with van der Waals surface area (Å²) in [7, 11) is 0. The highest BCUT2D eigenvalue weighted by molar-refractivity contribution is 4.88. The lowest BCUT2D eigenvalue weighted by Gasteiger charge is -2.39. The van der Waals surface area contributed by atoms with Crippen LogP contribution < -0.4 is 15.5 Å². The lowest BCUT2D eigenvalue weighted by Crippen LogP contribution is -3.25. The number of nitrogens with zero attached hydrogens (tertiary/aromatic N) is 1. The Morgan fingerprint density at radius 1 is 1.44 bits per heavy atom. The number of nitrogens with one attached hydrogen (secondary N) is 2. The summed E-state index contributed by atoms with van der Waals surface area (Å²) in [5, 5.41) is 49.2. The summed E-state index contributed by atoms with van der Waals surface area (Å²) < 4.78 is 5.32. The fourth-order valence-corrected chi connectivity index (χ4v) is 2.36. The molecule has 102 valence electrons. The second kappa shape index (κ2) is 5.46. The maximum atomic E-state index is 11.6. The van der Waals surface area contributed by atoms with E-state index in [0.29, 0.717) is 18.0 Å². The van der Waals surface area contributed by atoms with Gasteiger partial charge in [-0.15, -0.1) is 0 Å². The van der Waals surface area contributed by atoms with Crippen LogP contribution in [0.3, 0.4) is 0 Å². The zero-order valence-corrected chi connectivity index (χ0v) is 9.69. The molecule has 0 spiro atoms. The minimum absolute atomic E-state index is 0.399. The molecular weight excluding hydrogens is 242 g/mol. The molecule has 0 aliphatic carbocycles. The van der Waals surface area contributed by atoms with Gasteiger partial charge >= 0.3 is 0 Å². The highest BCUT2D eigenvalue weighted by atomic mass is 16.6. The lowest BCUT2D eigenvalue weighted by molar-refractivity contribution is -1.01. The summed E-state index contributed by atoms with van der Waals surface area (Å²) >= 11 is 0. The van der Waals surface area contributed by atoms with Crippen molar-refractivity contribution in [2.75, 3.05) is 13.2 Å². The van der Waals surface area contributed by atoms with Gasteiger partial charge in [-0.1, -0.05) is 0 Å². The van der Waals surface area contributed by atoms with Crippen LogP contribution in [0.2, 0.25) is 0 Å². The van der Waals surface area contributed by atoms with Crippen LogP contribution >= 0.6 is 0 Å². The van der Waals surface area contributed by atoms with Gasteiger partial charge in [-0.3, -0.25) is 0 Å². The molecule has 0 aromatic carbocycles. The molecule has 0 amide bonds. The average Bonchev–Trinajstić information content (AvgIpc) is 2.66. The Kier molecular flexibility index (Phi) is 4.14. The van der Waals surface area contributed by atoms with Crippen molar-refractivity contribution in [2.24, 2.45) is 5.92 Å². The predicted octanol–water partition coefficient (Wildman–Crippen LogP) is -4.96. The first-order valence-corrected chi connectivity index (χ1v) is 5.88. The molecular formula is C10H17N3O5. The summed E-state index contributed by atoms with van der Waals surface area (Å²) in [6, 6.07) is 1.92. The van der Waals surface area contributed by atoms with Crippen LogP contribution in [0.4, 0.5) is 0 Å². The van der Waals surface area contributed by atoms with Gasteiger partial charge in [0.15, 0.2) is 6.10 Å². The standard InChI is InChI=1S/C10H16N3O5/c11-3-5-1-2-13(12-9(5)17)10-8(16)7(15)6(4-14)18-10/h5-10,12,14-16H,1-2,4H2/q-1/p+1. The molecule has 0 saturated carbocycles. The smallest absolute Gasteiger partial charge is 0.239 e. The third kappa shape index (κ3) is 2.34. The highest BCUT2D eigenvalue weighted by Crippen LogP contribution is 2.18. The Morgan fingerprint density at radius 3 is 2.67 bits per heavy atom. The van der Waals surface area contributed by atoms with E-state index in [-0.39, 0.29) is 0 Å². The number of nitriles is 1. The predicted molar refractivity (Wildman–Crippen MR) is 54.2 cm³/mol. The number of hydrogen-bond acceptors (Lipinski definition) is 7. The van der Waals surface area contributed by atoms with Crippen molar-refractivity contribution in [1.29, 1.82) is 5.26 Å². The quantitative estimate of drug-likeness (QED) is 0.335. The average molecular weight is 259 g/mol. The van der Waals surface area contributed by atoms with Gasteiger partial charge in [0.25, 0.3) is 0 Å². The van der Waals surface area contributed by atoms with Crippen LogP contribution in [0.1, 0.15) is 6.42 Å². The second-order valence-corrected chi connectivity index (χ2v) is 4.62. The first kappa shape index (κ1) is 13.6. The van der Waals surface area contributed by atoms with Crippen molar-refractivity contribution in [3.63, 3.8) is 0 Å². The molecule has 18 heavy (non-hydrogen) atoms. The van der Waals surface area contributed by atoms with E-state index in [0.717, 1.165) is 0 Å². The molecule has 2 fully saturated rings. The maximum absolute atomic E-state index is 11.6. The van der Waals surface area contributed by atoms with E-state index in [1.807, 2.05) is 6.07 Å². The van der Waals surface area contributed by atoms with Gasteiger partial charge in [-0.2, -0.15) is 10.7 Å². The normalized spacial score (nSPS) is 48.9. The van der Waals surface area contributed by atoms with Crippen LogP contribution in [0.25, 0.3) is 0 Å². The van der Waals surface area contributed by atoms with Crippen molar-refractivity contribution in [1.82, 2.24) is 5.43 Å². The molecule has 5 N–H and O–H groups in total. The Balaban J connectivity index is 1.99. The van der Waals surface area contributed by atoms with Gasteiger partial charge in [-0.25, -0.2) is 5.01 Å². The molecule has 8 heteroatoms. The first-order chi connectivity index (χ1) is 8.58. The SMILES string of the molecule is N#CC1CC[NH+](C2OC(CO)C(O)C2O)NC1[O-]. The molecule has 2 aliphatic heterocycles. The number of hydrogen-bond donors (Lipinski definition) is 5. The van der Waals surface area contributed by atoms with Crippen LogP contribution in [0, 0.1) is 17.2 Å². The maximum Gasteiger partial charge on any atom is 0.239 e. The Labute approximate surface area is 104 Å². The van der Waals surface area contributed by atoms with Gasteiger partial charge in [0.2, 0.25) is 6.23 Å². The molecule has 7 unspecified atom stereocenters. The van der Waals surface area contributed by atoms with Crippen LogP contribution in [0.5, 0.6) is 0 Å². The van der Waals surface area contributed by atoms with Crippen molar-refractivity contribution < 1.29 is 30.2 Å². The number of rotatable bonds is 2. The van der Waals surface area contributed by atoms with Crippen LogP contribution in [-0.2, 0) is 4.74 Å². The number of aliphatic hydroxyl groups is 3. The Morgan fingerprint density at radius 2 is 2.17 bits per heavy atom. The lowest BCUT2D eigenvalue weighted by atomic mass is 10.0. The zero-order valence-electron chi connectivity index (χ0n) is 9.69.